The van der Waals surface area contributed by atoms with Gasteiger partial charge in [0.05, 0.1) is 4.92 Å². The number of hydrogen-bond donors (Lipinski definition) is 1. The Labute approximate surface area is 148 Å². The van der Waals surface area contributed by atoms with Gasteiger partial charge in [0.2, 0.25) is 11.6 Å². The molecule has 2 rings (SSSR count). The minimum atomic E-state index is -4.75. The molecule has 1 N–H and O–H groups in total. The topological polar surface area (TPSA) is 112 Å². The summed E-state index contributed by atoms with van der Waals surface area (Å²) in [4.78, 5) is 10.2. The van der Waals surface area contributed by atoms with E-state index in [1.54, 1.807) is 0 Å². The van der Waals surface area contributed by atoms with Crippen molar-refractivity contribution in [1.82, 2.24) is 9.78 Å². The number of nitro groups is 1. The van der Waals surface area contributed by atoms with Crippen molar-refractivity contribution < 1.29 is 32.8 Å². The number of oxime groups is 1. The van der Waals surface area contributed by atoms with Crippen LogP contribution >= 0.6 is 11.6 Å². The molecule has 0 aliphatic carbocycles. The highest BCUT2D eigenvalue weighted by Crippen LogP contribution is 2.41. The monoisotopic (exact) mass is 394 g/mol. The second-order valence-corrected chi connectivity index (χ2v) is 5.18. The molecular formula is C13H10ClF3N4O5. The van der Waals surface area contributed by atoms with Gasteiger partial charge in [-0.15, -0.1) is 5.10 Å². The number of alkyl halides is 3. The number of aryl methyl sites for hydroxylation is 1. The van der Waals surface area contributed by atoms with Crippen LogP contribution in [-0.4, -0.2) is 25.8 Å². The molecule has 0 unspecified atom stereocenters. The van der Waals surface area contributed by atoms with E-state index < -0.39 is 33.4 Å². The molecule has 13 heteroatoms. The molecule has 0 fully saturated rings. The number of aromatic nitrogens is 2. The Morgan fingerprint density at radius 2 is 2.12 bits per heavy atom. The number of benzene rings is 1. The third-order valence-corrected chi connectivity index (χ3v) is 3.31. The Bertz CT molecular complexity index is 881. The summed E-state index contributed by atoms with van der Waals surface area (Å²) in [5.74, 6) is -1.34. The zero-order valence-corrected chi connectivity index (χ0v) is 13.9. The lowest BCUT2D eigenvalue weighted by Gasteiger charge is -2.08. The number of rotatable bonds is 4. The molecule has 0 bridgehead atoms. The Hall–Kier alpha value is -3.02. The summed E-state index contributed by atoms with van der Waals surface area (Å²) < 4.78 is 49.4. The summed E-state index contributed by atoms with van der Waals surface area (Å²) in [6.07, 6.45) is -4.75. The smallest absolute Gasteiger partial charge is 0.434 e. The molecule has 0 aliphatic rings. The van der Waals surface area contributed by atoms with Gasteiger partial charge >= 0.3 is 11.9 Å². The molecular weight excluding hydrogens is 385 g/mol. The highest BCUT2D eigenvalue weighted by atomic mass is 35.5. The molecule has 2 aromatic rings. The van der Waals surface area contributed by atoms with Crippen LogP contribution in [0, 0.1) is 10.1 Å². The highest BCUT2D eigenvalue weighted by molar-refractivity contribution is 6.32. The third kappa shape index (κ3) is 3.96. The van der Waals surface area contributed by atoms with Crippen molar-refractivity contribution in [3.8, 4) is 17.4 Å². The molecule has 9 nitrogen and oxygen atoms in total. The fraction of sp³-hybridized carbons (Fsp3) is 0.231. The van der Waals surface area contributed by atoms with Gasteiger partial charge in [0, 0.05) is 26.1 Å². The maximum absolute atomic E-state index is 12.9. The molecule has 140 valence electrons. The van der Waals surface area contributed by atoms with Crippen molar-refractivity contribution >= 4 is 23.2 Å². The lowest BCUT2D eigenvalue weighted by Crippen LogP contribution is -2.12. The van der Waals surface area contributed by atoms with Crippen molar-refractivity contribution in [3.05, 3.63) is 39.0 Å². The predicted octanol–water partition coefficient (Wildman–Crippen LogP) is 3.98. The van der Waals surface area contributed by atoms with Crippen LogP contribution in [0.4, 0.5) is 18.9 Å². The van der Waals surface area contributed by atoms with Crippen LogP contribution in [-0.2, 0) is 13.2 Å². The number of halogens is 4. The average molecular weight is 395 g/mol. The second kappa shape index (κ2) is 7.07. The predicted molar refractivity (Wildman–Crippen MR) is 81.9 cm³/mol. The molecule has 0 saturated carbocycles. The van der Waals surface area contributed by atoms with Crippen LogP contribution in [0.3, 0.4) is 0 Å². The summed E-state index contributed by atoms with van der Waals surface area (Å²) in [5, 5.41) is 25.1. The first-order valence-corrected chi connectivity index (χ1v) is 7.05. The van der Waals surface area contributed by atoms with Crippen LogP contribution in [0.1, 0.15) is 12.6 Å². The van der Waals surface area contributed by atoms with E-state index in [1.807, 2.05) is 0 Å². The van der Waals surface area contributed by atoms with Crippen LogP contribution in [0.2, 0.25) is 5.02 Å². The van der Waals surface area contributed by atoms with Crippen molar-refractivity contribution in [2.75, 3.05) is 0 Å². The quantitative estimate of drug-likeness (QED) is 0.276. The first-order valence-electron chi connectivity index (χ1n) is 6.67. The zero-order chi connectivity index (χ0) is 19.6. The lowest BCUT2D eigenvalue weighted by atomic mass is 10.3. The van der Waals surface area contributed by atoms with Crippen molar-refractivity contribution in [2.24, 2.45) is 12.2 Å². The van der Waals surface area contributed by atoms with E-state index in [1.165, 1.54) is 6.92 Å². The van der Waals surface area contributed by atoms with Crippen molar-refractivity contribution in [3.63, 3.8) is 0 Å². The molecule has 1 aromatic heterocycles. The summed E-state index contributed by atoms with van der Waals surface area (Å²) in [6.45, 7) is 1.22. The highest BCUT2D eigenvalue weighted by Gasteiger charge is 2.39. The van der Waals surface area contributed by atoms with E-state index >= 15 is 0 Å². The Kier molecular flexibility index (Phi) is 5.25. The largest absolute Gasteiger partial charge is 0.436 e. The standard InChI is InChI=1S/C13H10ClF3N4O5/c1-6(19-22)25-9-5-7(3-4-8(9)21(23)24)26-12-10(14)11(13(15,16)17)20(2)18-12/h3-5,22H,1-2H3. The summed E-state index contributed by atoms with van der Waals surface area (Å²) in [7, 11) is 1.03. The van der Waals surface area contributed by atoms with E-state index in [9.17, 15) is 23.3 Å². The van der Waals surface area contributed by atoms with Gasteiger partial charge in [-0.2, -0.15) is 13.2 Å². The van der Waals surface area contributed by atoms with E-state index in [-0.39, 0.29) is 17.4 Å². The maximum Gasteiger partial charge on any atom is 0.434 e. The first-order chi connectivity index (χ1) is 12.0. The van der Waals surface area contributed by atoms with Crippen molar-refractivity contribution in [1.29, 1.82) is 0 Å². The molecule has 26 heavy (non-hydrogen) atoms. The van der Waals surface area contributed by atoms with Gasteiger partial charge in [-0.1, -0.05) is 16.8 Å². The van der Waals surface area contributed by atoms with E-state index in [0.29, 0.717) is 4.68 Å². The number of hydrogen-bond acceptors (Lipinski definition) is 7. The molecule has 1 heterocycles. The van der Waals surface area contributed by atoms with Crippen LogP contribution in [0.25, 0.3) is 0 Å². The fourth-order valence-electron chi connectivity index (χ4n) is 1.93. The van der Waals surface area contributed by atoms with Crippen molar-refractivity contribution in [2.45, 2.75) is 13.1 Å². The molecule has 0 spiro atoms. The van der Waals surface area contributed by atoms with E-state index in [0.717, 1.165) is 25.2 Å². The third-order valence-electron chi connectivity index (χ3n) is 2.97. The van der Waals surface area contributed by atoms with Gasteiger partial charge < -0.3 is 14.7 Å². The van der Waals surface area contributed by atoms with Gasteiger partial charge in [0.1, 0.15) is 10.8 Å². The maximum atomic E-state index is 12.9. The Morgan fingerprint density at radius 3 is 2.62 bits per heavy atom. The molecule has 0 saturated heterocycles. The second-order valence-electron chi connectivity index (χ2n) is 4.80. The van der Waals surface area contributed by atoms with Crippen LogP contribution in [0.15, 0.2) is 23.4 Å². The minimum absolute atomic E-state index is 0.134. The molecule has 0 aliphatic heterocycles. The molecule has 0 atom stereocenters. The summed E-state index contributed by atoms with van der Waals surface area (Å²) in [6, 6.07) is 3.14. The lowest BCUT2D eigenvalue weighted by molar-refractivity contribution is -0.385. The van der Waals surface area contributed by atoms with Gasteiger partial charge in [-0.25, -0.2) is 0 Å². The number of nitro benzene ring substituents is 1. The molecule has 0 amide bonds. The van der Waals surface area contributed by atoms with E-state index in [4.69, 9.17) is 26.3 Å². The van der Waals surface area contributed by atoms with E-state index in [2.05, 4.69) is 10.3 Å². The van der Waals surface area contributed by atoms with Gasteiger partial charge in [-0.3, -0.25) is 14.8 Å². The summed E-state index contributed by atoms with van der Waals surface area (Å²) in [5.41, 5.74) is -1.70. The summed E-state index contributed by atoms with van der Waals surface area (Å²) >= 11 is 5.67. The zero-order valence-electron chi connectivity index (χ0n) is 13.1. The van der Waals surface area contributed by atoms with Crippen LogP contribution < -0.4 is 9.47 Å². The SMILES string of the molecule is CC(=NO)Oc1cc(Oc2nn(C)c(C(F)(F)F)c2Cl)ccc1[N+](=O)[O-]. The molecule has 1 aromatic carbocycles. The van der Waals surface area contributed by atoms with Gasteiger partial charge in [-0.05, 0) is 6.07 Å². The normalized spacial score (nSPS) is 12.2. The Morgan fingerprint density at radius 1 is 1.46 bits per heavy atom. The van der Waals surface area contributed by atoms with Gasteiger partial charge in [0.25, 0.3) is 5.88 Å². The average Bonchev–Trinajstić information content (AvgIpc) is 2.80. The first kappa shape index (κ1) is 19.3. The molecule has 0 radical (unpaired) electrons. The van der Waals surface area contributed by atoms with Crippen LogP contribution in [0.5, 0.6) is 17.4 Å². The number of nitrogens with zero attached hydrogens (tertiary/aromatic N) is 4. The Balaban J connectivity index is 2.42. The fourth-order valence-corrected chi connectivity index (χ4v) is 2.23. The minimum Gasteiger partial charge on any atom is -0.436 e. The number of ether oxygens (including phenoxy) is 2. The van der Waals surface area contributed by atoms with Gasteiger partial charge in [0.15, 0.2) is 5.69 Å².